The predicted molar refractivity (Wildman–Crippen MR) is 121 cm³/mol. The molecular weight excluding hydrogens is 406 g/mol. The molecule has 32 heavy (non-hydrogen) atoms. The molecule has 4 rings (SSSR count). The molecule has 7 nitrogen and oxygen atoms in total. The number of aromatic nitrogens is 1. The van der Waals surface area contributed by atoms with Crippen LogP contribution < -0.4 is 0 Å². The number of rotatable bonds is 9. The van der Waals surface area contributed by atoms with Gasteiger partial charge in [0.15, 0.2) is 11.5 Å². The number of carbonyl (C=O) groups excluding carboxylic acids is 2. The fraction of sp³-hybridized carbons (Fsp3) is 0.320. The molecule has 0 aliphatic carbocycles. The number of aliphatic hydroxyl groups is 1. The van der Waals surface area contributed by atoms with E-state index >= 15 is 0 Å². The van der Waals surface area contributed by atoms with Crippen molar-refractivity contribution >= 4 is 22.7 Å². The van der Waals surface area contributed by atoms with Crippen LogP contribution in [0.1, 0.15) is 42.4 Å². The minimum Gasteiger partial charge on any atom is -0.503 e. The highest BCUT2D eigenvalue weighted by molar-refractivity contribution is 6.16. The Morgan fingerprint density at radius 2 is 1.88 bits per heavy atom. The van der Waals surface area contributed by atoms with E-state index in [-0.39, 0.29) is 11.3 Å². The first kappa shape index (κ1) is 21.8. The maximum atomic E-state index is 13.5. The number of hydrogen-bond acceptors (Lipinski definition) is 6. The lowest BCUT2D eigenvalue weighted by molar-refractivity contribution is -0.129. The number of nitrogens with zero attached hydrogens (tertiary/aromatic N) is 3. The normalized spacial score (nSPS) is 16.5. The summed E-state index contributed by atoms with van der Waals surface area (Å²) < 4.78 is 5.74. The van der Waals surface area contributed by atoms with Gasteiger partial charge in [0.1, 0.15) is 5.58 Å². The van der Waals surface area contributed by atoms with Gasteiger partial charge in [-0.3, -0.25) is 14.6 Å². The summed E-state index contributed by atoms with van der Waals surface area (Å²) in [6.45, 7) is 7.30. The maximum Gasteiger partial charge on any atom is 0.290 e. The molecule has 0 fully saturated rings. The number of amides is 1. The highest BCUT2D eigenvalue weighted by Crippen LogP contribution is 2.39. The van der Waals surface area contributed by atoms with Crippen molar-refractivity contribution in [2.45, 2.75) is 26.3 Å². The van der Waals surface area contributed by atoms with E-state index in [1.165, 1.54) is 0 Å². The highest BCUT2D eigenvalue weighted by atomic mass is 16.3. The van der Waals surface area contributed by atoms with E-state index in [9.17, 15) is 14.7 Å². The van der Waals surface area contributed by atoms with E-state index in [0.29, 0.717) is 12.1 Å². The van der Waals surface area contributed by atoms with Crippen molar-refractivity contribution in [1.82, 2.24) is 14.8 Å². The molecule has 3 aromatic rings. The number of aliphatic hydroxyl groups excluding tert-OH is 1. The molecule has 0 radical (unpaired) electrons. The maximum absolute atomic E-state index is 13.5. The van der Waals surface area contributed by atoms with Crippen LogP contribution in [-0.4, -0.2) is 57.8 Å². The van der Waals surface area contributed by atoms with Gasteiger partial charge in [0.25, 0.3) is 5.91 Å². The van der Waals surface area contributed by atoms with Crippen LogP contribution in [0.4, 0.5) is 0 Å². The first-order valence-corrected chi connectivity index (χ1v) is 10.9. The Morgan fingerprint density at radius 1 is 1.16 bits per heavy atom. The number of ketones is 1. The summed E-state index contributed by atoms with van der Waals surface area (Å²) >= 11 is 0. The molecular formula is C25H27N3O4. The minimum absolute atomic E-state index is 0.0445. The van der Waals surface area contributed by atoms with Crippen LogP contribution in [0.15, 0.2) is 70.6 Å². The highest BCUT2D eigenvalue weighted by Gasteiger charge is 2.44. The van der Waals surface area contributed by atoms with Crippen LogP contribution in [0.25, 0.3) is 11.0 Å². The smallest absolute Gasteiger partial charge is 0.290 e. The van der Waals surface area contributed by atoms with Gasteiger partial charge in [-0.05, 0) is 55.9 Å². The van der Waals surface area contributed by atoms with E-state index in [1.54, 1.807) is 41.6 Å². The predicted octanol–water partition coefficient (Wildman–Crippen LogP) is 4.14. The molecule has 1 aliphatic rings. The Morgan fingerprint density at radius 3 is 2.56 bits per heavy atom. The fourth-order valence-electron chi connectivity index (χ4n) is 4.24. The number of hydrogen-bond donors (Lipinski definition) is 1. The number of furan rings is 1. The van der Waals surface area contributed by atoms with Crippen molar-refractivity contribution in [3.63, 3.8) is 0 Å². The molecule has 3 heterocycles. The van der Waals surface area contributed by atoms with Gasteiger partial charge in [0.2, 0.25) is 5.78 Å². The monoisotopic (exact) mass is 433 g/mol. The van der Waals surface area contributed by atoms with Gasteiger partial charge >= 0.3 is 0 Å². The molecule has 1 amide bonds. The largest absolute Gasteiger partial charge is 0.503 e. The zero-order valence-corrected chi connectivity index (χ0v) is 18.3. The molecule has 2 aromatic heterocycles. The quantitative estimate of drug-likeness (QED) is 0.511. The van der Waals surface area contributed by atoms with Gasteiger partial charge in [-0.2, -0.15) is 0 Å². The molecule has 0 bridgehead atoms. The van der Waals surface area contributed by atoms with Crippen LogP contribution >= 0.6 is 0 Å². The Bertz CT molecular complexity index is 1120. The van der Waals surface area contributed by atoms with Crippen molar-refractivity contribution in [1.29, 1.82) is 0 Å². The summed E-state index contributed by atoms with van der Waals surface area (Å²) in [4.78, 5) is 34.4. The molecule has 0 saturated carbocycles. The summed E-state index contributed by atoms with van der Waals surface area (Å²) in [6, 6.07) is 11.8. The van der Waals surface area contributed by atoms with Gasteiger partial charge in [-0.25, -0.2) is 0 Å². The van der Waals surface area contributed by atoms with Gasteiger partial charge < -0.3 is 19.3 Å². The molecule has 1 N–H and O–H groups in total. The molecule has 1 aromatic carbocycles. The van der Waals surface area contributed by atoms with E-state index in [2.05, 4.69) is 23.7 Å². The molecule has 0 spiro atoms. The van der Waals surface area contributed by atoms with E-state index in [1.807, 2.05) is 18.2 Å². The van der Waals surface area contributed by atoms with E-state index in [4.69, 9.17) is 4.42 Å². The minimum atomic E-state index is -0.692. The van der Waals surface area contributed by atoms with Gasteiger partial charge in [-0.15, -0.1) is 0 Å². The van der Waals surface area contributed by atoms with E-state index in [0.717, 1.165) is 37.0 Å². The summed E-state index contributed by atoms with van der Waals surface area (Å²) in [7, 11) is 0. The third-order valence-corrected chi connectivity index (χ3v) is 5.99. The average molecular weight is 434 g/mol. The third kappa shape index (κ3) is 4.03. The van der Waals surface area contributed by atoms with Crippen molar-refractivity contribution < 1.29 is 19.1 Å². The Balaban J connectivity index is 1.67. The molecule has 0 saturated heterocycles. The SMILES string of the molecule is CCN(CC)CCCN1C(=O)C(O)=C(C(=O)c2cc3ccccc3o2)C1c1ccncc1. The zero-order valence-electron chi connectivity index (χ0n) is 18.3. The lowest BCUT2D eigenvalue weighted by atomic mass is 9.95. The van der Waals surface area contributed by atoms with Gasteiger partial charge in [0, 0.05) is 24.3 Å². The summed E-state index contributed by atoms with van der Waals surface area (Å²) in [5, 5.41) is 11.6. The standard InChI is InChI=1S/C25H27N3O4/c1-3-27(4-2)14-7-15-28-22(17-10-12-26-13-11-17)21(24(30)25(28)31)23(29)20-16-18-8-5-6-9-19(18)32-20/h5-6,8-13,16,22,30H,3-4,7,14-15H2,1-2H3. The molecule has 1 aliphatic heterocycles. The second-order valence-corrected chi connectivity index (χ2v) is 7.80. The zero-order chi connectivity index (χ0) is 22.7. The molecule has 1 unspecified atom stereocenters. The Labute approximate surface area is 187 Å². The van der Waals surface area contributed by atoms with Crippen LogP contribution in [0.2, 0.25) is 0 Å². The van der Waals surface area contributed by atoms with Crippen molar-refractivity contribution in [3.8, 4) is 0 Å². The first-order valence-electron chi connectivity index (χ1n) is 10.9. The molecule has 7 heteroatoms. The number of carbonyl (C=O) groups is 2. The number of fused-ring (bicyclic) bond motifs is 1. The van der Waals surface area contributed by atoms with Crippen molar-refractivity contribution in [2.24, 2.45) is 0 Å². The summed E-state index contributed by atoms with van der Waals surface area (Å²) in [6.07, 6.45) is 3.97. The number of pyridine rings is 1. The van der Waals surface area contributed by atoms with Crippen molar-refractivity contribution in [2.75, 3.05) is 26.2 Å². The molecule has 1 atom stereocenters. The Hall–Kier alpha value is -3.45. The Kier molecular flexibility index (Phi) is 6.37. The van der Waals surface area contributed by atoms with Crippen molar-refractivity contribution in [3.05, 3.63) is 77.5 Å². The van der Waals surface area contributed by atoms with Crippen LogP contribution in [0.3, 0.4) is 0 Å². The van der Waals surface area contributed by atoms with E-state index < -0.39 is 23.5 Å². The van der Waals surface area contributed by atoms with Crippen LogP contribution in [0, 0.1) is 0 Å². The lowest BCUT2D eigenvalue weighted by Gasteiger charge is -2.27. The fourth-order valence-corrected chi connectivity index (χ4v) is 4.24. The third-order valence-electron chi connectivity index (χ3n) is 5.99. The number of Topliss-reactive ketones (excluding diaryl/α,β-unsaturated/α-hetero) is 1. The summed E-state index contributed by atoms with van der Waals surface area (Å²) in [5.41, 5.74) is 1.35. The number of para-hydroxylation sites is 1. The molecule has 166 valence electrons. The summed E-state index contributed by atoms with van der Waals surface area (Å²) in [5.74, 6) is -1.43. The van der Waals surface area contributed by atoms with Gasteiger partial charge in [0.05, 0.1) is 11.6 Å². The topological polar surface area (TPSA) is 86.9 Å². The number of benzene rings is 1. The lowest BCUT2D eigenvalue weighted by Crippen LogP contribution is -2.34. The average Bonchev–Trinajstić information content (AvgIpc) is 3.37. The first-order chi connectivity index (χ1) is 15.5. The van der Waals surface area contributed by atoms with Crippen LogP contribution in [0.5, 0.6) is 0 Å². The van der Waals surface area contributed by atoms with Crippen LogP contribution in [-0.2, 0) is 4.79 Å². The van der Waals surface area contributed by atoms with Gasteiger partial charge in [-0.1, -0.05) is 32.0 Å². The second-order valence-electron chi connectivity index (χ2n) is 7.80. The second kappa shape index (κ2) is 9.36.